The first-order valence-corrected chi connectivity index (χ1v) is 6.48. The van der Waals surface area contributed by atoms with E-state index in [0.29, 0.717) is 0 Å². The zero-order chi connectivity index (χ0) is 13.7. The van der Waals surface area contributed by atoms with Crippen LogP contribution in [-0.4, -0.2) is 7.11 Å². The molecule has 0 aliphatic rings. The van der Waals surface area contributed by atoms with Crippen LogP contribution in [0.3, 0.4) is 0 Å². The Bertz CT molecular complexity index is 535. The van der Waals surface area contributed by atoms with E-state index in [4.69, 9.17) is 10.5 Å². The Morgan fingerprint density at radius 2 is 1.74 bits per heavy atom. The maximum atomic E-state index is 5.94. The molecule has 2 aromatic carbocycles. The summed E-state index contributed by atoms with van der Waals surface area (Å²) in [5.74, 6) is 0.804. The van der Waals surface area contributed by atoms with Crippen molar-refractivity contribution in [3.63, 3.8) is 0 Å². The van der Waals surface area contributed by atoms with Crippen molar-refractivity contribution < 1.29 is 4.74 Å². The molecule has 0 spiro atoms. The third kappa shape index (κ3) is 3.41. The first-order chi connectivity index (χ1) is 9.22. The van der Waals surface area contributed by atoms with Crippen LogP contribution in [0.5, 0.6) is 5.75 Å². The zero-order valence-electron chi connectivity index (χ0n) is 11.4. The Morgan fingerprint density at radius 1 is 1.05 bits per heavy atom. The Kier molecular flexibility index (Phi) is 4.29. The van der Waals surface area contributed by atoms with E-state index in [1.807, 2.05) is 18.2 Å². The van der Waals surface area contributed by atoms with Gasteiger partial charge in [-0.1, -0.05) is 31.2 Å². The molecule has 0 heterocycles. The maximum absolute atomic E-state index is 5.94. The lowest BCUT2D eigenvalue weighted by Crippen LogP contribution is -2.03. The molecular weight excluding hydrogens is 236 g/mol. The number of hydrogen-bond donors (Lipinski definition) is 2. The number of aryl methyl sites for hydroxylation is 1. The molecule has 0 aliphatic heterocycles. The minimum atomic E-state index is 0.728. The van der Waals surface area contributed by atoms with Gasteiger partial charge in [-0.3, -0.25) is 0 Å². The molecule has 3 heteroatoms. The van der Waals surface area contributed by atoms with E-state index >= 15 is 0 Å². The monoisotopic (exact) mass is 256 g/mol. The van der Waals surface area contributed by atoms with Gasteiger partial charge in [0.05, 0.1) is 18.5 Å². The van der Waals surface area contributed by atoms with Gasteiger partial charge in [0.2, 0.25) is 0 Å². The van der Waals surface area contributed by atoms with Crippen molar-refractivity contribution in [1.29, 1.82) is 0 Å². The summed E-state index contributed by atoms with van der Waals surface area (Å²) in [4.78, 5) is 0. The average molecular weight is 256 g/mol. The molecule has 0 unspecified atom stereocenters. The molecule has 0 amide bonds. The van der Waals surface area contributed by atoms with Gasteiger partial charge in [-0.15, -0.1) is 0 Å². The number of benzene rings is 2. The van der Waals surface area contributed by atoms with E-state index in [1.54, 1.807) is 7.11 Å². The Balaban J connectivity index is 2.05. The highest BCUT2D eigenvalue weighted by atomic mass is 16.5. The third-order valence-electron chi connectivity index (χ3n) is 3.17. The molecule has 0 aliphatic carbocycles. The molecule has 0 saturated heterocycles. The number of hydrogen-bond acceptors (Lipinski definition) is 3. The van der Waals surface area contributed by atoms with Gasteiger partial charge in [-0.25, -0.2) is 0 Å². The number of anilines is 2. The number of nitrogens with one attached hydrogen (secondary N) is 1. The molecule has 3 nitrogen and oxygen atoms in total. The Hall–Kier alpha value is -2.16. The largest absolute Gasteiger partial charge is 0.497 e. The third-order valence-corrected chi connectivity index (χ3v) is 3.17. The van der Waals surface area contributed by atoms with Crippen LogP contribution >= 0.6 is 0 Å². The lowest BCUT2D eigenvalue weighted by molar-refractivity contribution is 0.415. The van der Waals surface area contributed by atoms with Crippen molar-refractivity contribution in [3.8, 4) is 5.75 Å². The van der Waals surface area contributed by atoms with Crippen LogP contribution in [0, 0.1) is 0 Å². The molecule has 2 aromatic rings. The fourth-order valence-electron chi connectivity index (χ4n) is 1.91. The van der Waals surface area contributed by atoms with Gasteiger partial charge >= 0.3 is 0 Å². The molecule has 3 N–H and O–H groups in total. The highest BCUT2D eigenvalue weighted by molar-refractivity contribution is 5.68. The number of methoxy groups -OCH3 is 1. The van der Waals surface area contributed by atoms with E-state index < -0.39 is 0 Å². The van der Waals surface area contributed by atoms with E-state index in [-0.39, 0.29) is 0 Å². The van der Waals surface area contributed by atoms with Crippen LogP contribution in [0.1, 0.15) is 18.1 Å². The molecule has 2 rings (SSSR count). The van der Waals surface area contributed by atoms with Gasteiger partial charge in [0.15, 0.2) is 0 Å². The fraction of sp³-hybridized carbons (Fsp3) is 0.250. The van der Waals surface area contributed by atoms with Gasteiger partial charge in [0.25, 0.3) is 0 Å². The molecule has 0 fully saturated rings. The predicted molar refractivity (Wildman–Crippen MR) is 80.6 cm³/mol. The second-order valence-electron chi connectivity index (χ2n) is 4.48. The molecule has 100 valence electrons. The van der Waals surface area contributed by atoms with E-state index in [2.05, 4.69) is 36.5 Å². The summed E-state index contributed by atoms with van der Waals surface area (Å²) in [7, 11) is 1.65. The number of ether oxygens (including phenoxy) is 1. The minimum absolute atomic E-state index is 0.728. The van der Waals surface area contributed by atoms with Crippen LogP contribution in [0.4, 0.5) is 11.4 Å². The molecule has 19 heavy (non-hydrogen) atoms. The standard InChI is InChI=1S/C16H20N2O/c1-3-12-4-6-13(7-5-12)11-18-16-10-14(19-2)8-9-15(16)17/h4-10,18H,3,11,17H2,1-2H3. The second-order valence-corrected chi connectivity index (χ2v) is 4.48. The topological polar surface area (TPSA) is 47.3 Å². The Morgan fingerprint density at radius 3 is 2.37 bits per heavy atom. The summed E-state index contributed by atoms with van der Waals surface area (Å²) in [6.07, 6.45) is 1.07. The predicted octanol–water partition coefficient (Wildman–Crippen LogP) is 3.45. The minimum Gasteiger partial charge on any atom is -0.497 e. The van der Waals surface area contributed by atoms with Crippen LogP contribution in [0.15, 0.2) is 42.5 Å². The van der Waals surface area contributed by atoms with E-state index in [0.717, 1.165) is 30.1 Å². The van der Waals surface area contributed by atoms with Crippen LogP contribution in [0.25, 0.3) is 0 Å². The summed E-state index contributed by atoms with van der Waals surface area (Å²) in [5, 5.41) is 3.34. The van der Waals surface area contributed by atoms with Crippen molar-refractivity contribution in [3.05, 3.63) is 53.6 Å². The maximum Gasteiger partial charge on any atom is 0.121 e. The van der Waals surface area contributed by atoms with E-state index in [9.17, 15) is 0 Å². The lowest BCUT2D eigenvalue weighted by atomic mass is 10.1. The zero-order valence-corrected chi connectivity index (χ0v) is 11.4. The molecule has 0 atom stereocenters. The SMILES string of the molecule is CCc1ccc(CNc2cc(OC)ccc2N)cc1. The quantitative estimate of drug-likeness (QED) is 0.805. The number of nitrogens with two attached hydrogens (primary N) is 1. The van der Waals surface area contributed by atoms with Gasteiger partial charge < -0.3 is 15.8 Å². The highest BCUT2D eigenvalue weighted by Gasteiger charge is 2.01. The van der Waals surface area contributed by atoms with Crippen molar-refractivity contribution in [1.82, 2.24) is 0 Å². The van der Waals surface area contributed by atoms with E-state index in [1.165, 1.54) is 11.1 Å². The lowest BCUT2D eigenvalue weighted by Gasteiger charge is -2.11. The Labute approximate surface area is 114 Å². The van der Waals surface area contributed by atoms with Gasteiger partial charge in [0.1, 0.15) is 5.75 Å². The van der Waals surface area contributed by atoms with Crippen molar-refractivity contribution >= 4 is 11.4 Å². The summed E-state index contributed by atoms with van der Waals surface area (Å²) < 4.78 is 5.20. The molecule has 0 radical (unpaired) electrons. The van der Waals surface area contributed by atoms with Crippen molar-refractivity contribution in [2.45, 2.75) is 19.9 Å². The first-order valence-electron chi connectivity index (χ1n) is 6.48. The van der Waals surface area contributed by atoms with Crippen LogP contribution in [-0.2, 0) is 13.0 Å². The van der Waals surface area contributed by atoms with Crippen LogP contribution < -0.4 is 15.8 Å². The smallest absolute Gasteiger partial charge is 0.121 e. The molecule has 0 saturated carbocycles. The van der Waals surface area contributed by atoms with Gasteiger partial charge in [-0.05, 0) is 29.7 Å². The van der Waals surface area contributed by atoms with Crippen LogP contribution in [0.2, 0.25) is 0 Å². The molecule has 0 bridgehead atoms. The summed E-state index contributed by atoms with van der Waals surface area (Å²) in [6.45, 7) is 2.91. The van der Waals surface area contributed by atoms with Crippen molar-refractivity contribution in [2.75, 3.05) is 18.2 Å². The fourth-order valence-corrected chi connectivity index (χ4v) is 1.91. The highest BCUT2D eigenvalue weighted by Crippen LogP contribution is 2.24. The normalized spacial score (nSPS) is 10.2. The number of rotatable bonds is 5. The second kappa shape index (κ2) is 6.14. The van der Waals surface area contributed by atoms with Gasteiger partial charge in [0, 0.05) is 12.6 Å². The van der Waals surface area contributed by atoms with Gasteiger partial charge in [-0.2, -0.15) is 0 Å². The summed E-state index contributed by atoms with van der Waals surface area (Å²) in [5.41, 5.74) is 10.2. The number of nitrogen functional groups attached to an aromatic ring is 1. The summed E-state index contributed by atoms with van der Waals surface area (Å²) in [6, 6.07) is 14.2. The first kappa shape index (κ1) is 13.3. The molecule has 0 aromatic heterocycles. The van der Waals surface area contributed by atoms with Crippen molar-refractivity contribution in [2.24, 2.45) is 0 Å². The average Bonchev–Trinajstić information content (AvgIpc) is 2.47. The summed E-state index contributed by atoms with van der Waals surface area (Å²) >= 11 is 0. The molecular formula is C16H20N2O.